The molecule has 0 aliphatic carbocycles. The molecule has 1 atom stereocenters. The Hall–Kier alpha value is -3.09. The first-order valence-electron chi connectivity index (χ1n) is 8.68. The van der Waals surface area contributed by atoms with E-state index in [0.29, 0.717) is 30.9 Å². The molecule has 7 heteroatoms. The van der Waals surface area contributed by atoms with E-state index in [2.05, 4.69) is 0 Å². The Labute approximate surface area is 151 Å². The molecule has 4 rings (SSSR count). The standard InChI is InChI=1S/C19H20N4O3/c1-20-10-5-9-15(20)17(24)21-11-6-12-22-16(13-21)18(25)23(19(22)26)14-7-3-2-4-8-14/h2-5,7-10,16H,6,11-13H2,1H3. The van der Waals surface area contributed by atoms with Gasteiger partial charge in [-0.1, -0.05) is 18.2 Å². The average molecular weight is 352 g/mol. The molecule has 2 aromatic rings. The van der Waals surface area contributed by atoms with Gasteiger partial charge in [0.2, 0.25) is 0 Å². The molecule has 4 amide bonds. The van der Waals surface area contributed by atoms with Crippen LogP contribution in [-0.2, 0) is 11.8 Å². The fourth-order valence-corrected chi connectivity index (χ4v) is 3.64. The van der Waals surface area contributed by atoms with E-state index in [1.807, 2.05) is 25.4 Å². The first-order valence-corrected chi connectivity index (χ1v) is 8.68. The summed E-state index contributed by atoms with van der Waals surface area (Å²) < 4.78 is 1.77. The molecule has 2 fully saturated rings. The summed E-state index contributed by atoms with van der Waals surface area (Å²) in [5.74, 6) is -0.384. The Balaban J connectivity index is 1.60. The molecular formula is C19H20N4O3. The zero-order chi connectivity index (χ0) is 18.3. The van der Waals surface area contributed by atoms with Gasteiger partial charge in [-0.3, -0.25) is 9.59 Å². The largest absolute Gasteiger partial charge is 0.347 e. The van der Waals surface area contributed by atoms with Gasteiger partial charge < -0.3 is 14.4 Å². The van der Waals surface area contributed by atoms with Crippen LogP contribution >= 0.6 is 0 Å². The molecule has 3 heterocycles. The lowest BCUT2D eigenvalue weighted by atomic mass is 10.2. The monoisotopic (exact) mass is 352 g/mol. The molecule has 26 heavy (non-hydrogen) atoms. The van der Waals surface area contributed by atoms with Gasteiger partial charge in [-0.2, -0.15) is 0 Å². The third kappa shape index (κ3) is 2.56. The van der Waals surface area contributed by atoms with Crippen LogP contribution in [0.2, 0.25) is 0 Å². The number of nitrogens with zero attached hydrogens (tertiary/aromatic N) is 4. The van der Waals surface area contributed by atoms with Gasteiger partial charge in [-0.25, -0.2) is 9.69 Å². The summed E-state index contributed by atoms with van der Waals surface area (Å²) in [4.78, 5) is 43.1. The number of rotatable bonds is 2. The minimum Gasteiger partial charge on any atom is -0.347 e. The smallest absolute Gasteiger partial charge is 0.332 e. The van der Waals surface area contributed by atoms with Crippen molar-refractivity contribution in [3.8, 4) is 0 Å². The summed E-state index contributed by atoms with van der Waals surface area (Å²) in [5.41, 5.74) is 1.14. The van der Waals surface area contributed by atoms with E-state index in [0.717, 1.165) is 0 Å². The Kier molecular flexibility index (Phi) is 3.99. The molecule has 0 N–H and O–H groups in total. The van der Waals surface area contributed by atoms with Crippen LogP contribution in [0, 0.1) is 0 Å². The van der Waals surface area contributed by atoms with E-state index in [9.17, 15) is 14.4 Å². The number of anilines is 1. The van der Waals surface area contributed by atoms with Crippen molar-refractivity contribution in [3.63, 3.8) is 0 Å². The molecule has 0 spiro atoms. The zero-order valence-electron chi connectivity index (χ0n) is 14.5. The first kappa shape index (κ1) is 16.4. The number of benzene rings is 1. The van der Waals surface area contributed by atoms with Gasteiger partial charge >= 0.3 is 6.03 Å². The maximum absolute atomic E-state index is 12.9. The number of hydrogen-bond donors (Lipinski definition) is 0. The highest BCUT2D eigenvalue weighted by Gasteiger charge is 2.47. The summed E-state index contributed by atoms with van der Waals surface area (Å²) >= 11 is 0. The van der Waals surface area contributed by atoms with Crippen molar-refractivity contribution in [2.75, 3.05) is 24.5 Å². The van der Waals surface area contributed by atoms with Crippen molar-refractivity contribution in [2.45, 2.75) is 12.5 Å². The fraction of sp³-hybridized carbons (Fsp3) is 0.316. The lowest BCUT2D eigenvalue weighted by Crippen LogP contribution is -2.44. The number of aryl methyl sites for hydroxylation is 1. The molecule has 0 radical (unpaired) electrons. The van der Waals surface area contributed by atoms with E-state index in [4.69, 9.17) is 0 Å². The van der Waals surface area contributed by atoms with Crippen LogP contribution in [0.5, 0.6) is 0 Å². The van der Waals surface area contributed by atoms with E-state index in [-0.39, 0.29) is 24.4 Å². The van der Waals surface area contributed by atoms with Gasteiger partial charge in [-0.05, 0) is 30.7 Å². The van der Waals surface area contributed by atoms with Crippen LogP contribution in [-0.4, -0.2) is 57.9 Å². The Bertz CT molecular complexity index is 861. The highest BCUT2D eigenvalue weighted by atomic mass is 16.2. The maximum Gasteiger partial charge on any atom is 0.332 e. The zero-order valence-corrected chi connectivity index (χ0v) is 14.5. The van der Waals surface area contributed by atoms with Gasteiger partial charge in [0, 0.05) is 26.3 Å². The SMILES string of the molecule is Cn1cccc1C(=O)N1CCCN2C(=O)N(c3ccccc3)C(=O)C2C1. The average Bonchev–Trinajstić information content (AvgIpc) is 3.07. The molecule has 134 valence electrons. The highest BCUT2D eigenvalue weighted by molar-refractivity contribution is 6.21. The summed E-state index contributed by atoms with van der Waals surface area (Å²) in [6.07, 6.45) is 2.47. The summed E-state index contributed by atoms with van der Waals surface area (Å²) in [7, 11) is 1.82. The third-order valence-corrected chi connectivity index (χ3v) is 5.00. The quantitative estimate of drug-likeness (QED) is 0.773. The van der Waals surface area contributed by atoms with Crippen molar-refractivity contribution in [2.24, 2.45) is 7.05 Å². The topological polar surface area (TPSA) is 65.9 Å². The third-order valence-electron chi connectivity index (χ3n) is 5.00. The van der Waals surface area contributed by atoms with Crippen molar-refractivity contribution < 1.29 is 14.4 Å². The normalized spacial score (nSPS) is 20.3. The van der Waals surface area contributed by atoms with Crippen molar-refractivity contribution in [3.05, 3.63) is 54.4 Å². The lowest BCUT2D eigenvalue weighted by molar-refractivity contribution is -0.119. The fourth-order valence-electron chi connectivity index (χ4n) is 3.64. The maximum atomic E-state index is 12.9. The lowest BCUT2D eigenvalue weighted by Gasteiger charge is -2.23. The Morgan fingerprint density at radius 2 is 1.81 bits per heavy atom. The second-order valence-electron chi connectivity index (χ2n) is 6.61. The molecule has 0 bridgehead atoms. The summed E-state index contributed by atoms with van der Waals surface area (Å²) in [5, 5.41) is 0. The number of aromatic nitrogens is 1. The number of carbonyl (C=O) groups excluding carboxylic acids is 3. The molecule has 7 nitrogen and oxygen atoms in total. The van der Waals surface area contributed by atoms with Crippen LogP contribution in [0.25, 0.3) is 0 Å². The Morgan fingerprint density at radius 3 is 2.50 bits per heavy atom. The molecule has 2 aliphatic rings. The number of urea groups is 1. The van der Waals surface area contributed by atoms with Crippen LogP contribution in [0.1, 0.15) is 16.9 Å². The first-order chi connectivity index (χ1) is 12.6. The van der Waals surface area contributed by atoms with Crippen LogP contribution < -0.4 is 4.90 Å². The number of imide groups is 1. The van der Waals surface area contributed by atoms with E-state index in [1.54, 1.807) is 44.7 Å². The molecule has 1 aromatic heterocycles. The predicted molar refractivity (Wildman–Crippen MR) is 95.8 cm³/mol. The summed E-state index contributed by atoms with van der Waals surface area (Å²) in [6, 6.07) is 11.6. The second-order valence-corrected chi connectivity index (χ2v) is 6.61. The van der Waals surface area contributed by atoms with Gasteiger partial charge in [0.15, 0.2) is 0 Å². The van der Waals surface area contributed by atoms with Gasteiger partial charge in [-0.15, -0.1) is 0 Å². The highest BCUT2D eigenvalue weighted by Crippen LogP contribution is 2.27. The molecule has 0 saturated carbocycles. The van der Waals surface area contributed by atoms with Crippen molar-refractivity contribution in [1.82, 2.24) is 14.4 Å². The molecule has 1 unspecified atom stereocenters. The number of amides is 4. The van der Waals surface area contributed by atoms with Gasteiger partial charge in [0.1, 0.15) is 11.7 Å². The number of hydrogen-bond acceptors (Lipinski definition) is 3. The Morgan fingerprint density at radius 1 is 1.04 bits per heavy atom. The van der Waals surface area contributed by atoms with E-state index < -0.39 is 6.04 Å². The van der Waals surface area contributed by atoms with Crippen LogP contribution in [0.15, 0.2) is 48.7 Å². The minimum absolute atomic E-state index is 0.113. The molecular weight excluding hydrogens is 332 g/mol. The van der Waals surface area contributed by atoms with E-state index in [1.165, 1.54) is 4.90 Å². The number of carbonyl (C=O) groups is 3. The summed E-state index contributed by atoms with van der Waals surface area (Å²) in [6.45, 7) is 1.22. The number of para-hydroxylation sites is 1. The predicted octanol–water partition coefficient (Wildman–Crippen LogP) is 1.71. The molecule has 2 saturated heterocycles. The van der Waals surface area contributed by atoms with Crippen LogP contribution in [0.3, 0.4) is 0 Å². The van der Waals surface area contributed by atoms with Crippen LogP contribution in [0.4, 0.5) is 10.5 Å². The van der Waals surface area contributed by atoms with Gasteiger partial charge in [0.25, 0.3) is 11.8 Å². The second kappa shape index (κ2) is 6.33. The molecule has 1 aromatic carbocycles. The van der Waals surface area contributed by atoms with E-state index >= 15 is 0 Å². The van der Waals surface area contributed by atoms with Crippen molar-refractivity contribution in [1.29, 1.82) is 0 Å². The minimum atomic E-state index is -0.630. The number of fused-ring (bicyclic) bond motifs is 1. The van der Waals surface area contributed by atoms with Crippen molar-refractivity contribution >= 4 is 23.5 Å². The molecule has 2 aliphatic heterocycles. The van der Waals surface area contributed by atoms with Gasteiger partial charge in [0.05, 0.1) is 12.2 Å².